The highest BCUT2D eigenvalue weighted by Gasteiger charge is 2.19. The molecule has 0 spiro atoms. The Kier molecular flexibility index (Phi) is 3.79. The van der Waals surface area contributed by atoms with Crippen molar-refractivity contribution in [3.63, 3.8) is 0 Å². The normalized spacial score (nSPS) is 10.2. The lowest BCUT2D eigenvalue weighted by molar-refractivity contribution is -0.385. The summed E-state index contributed by atoms with van der Waals surface area (Å²) in [7, 11) is 0. The summed E-state index contributed by atoms with van der Waals surface area (Å²) in [6.07, 6.45) is 1.08. The Morgan fingerprint density at radius 1 is 1.43 bits per heavy atom. The number of carboxylic acids is 1. The molecule has 0 saturated carbocycles. The van der Waals surface area contributed by atoms with Gasteiger partial charge in [0.2, 0.25) is 0 Å². The van der Waals surface area contributed by atoms with E-state index < -0.39 is 28.2 Å². The van der Waals surface area contributed by atoms with E-state index in [4.69, 9.17) is 9.84 Å². The topological polar surface area (TPSA) is 103 Å². The smallest absolute Gasteiger partial charge is 0.338 e. The number of nitrogens with zero attached hydrogens (tertiary/aromatic N) is 2. The largest absolute Gasteiger partial charge is 0.478 e. The van der Waals surface area contributed by atoms with Crippen LogP contribution in [0.4, 0.5) is 10.1 Å². The van der Waals surface area contributed by atoms with Crippen LogP contribution in [-0.2, 0) is 0 Å². The molecule has 21 heavy (non-hydrogen) atoms. The van der Waals surface area contributed by atoms with Gasteiger partial charge in [0.15, 0.2) is 5.82 Å². The minimum Gasteiger partial charge on any atom is -0.478 e. The van der Waals surface area contributed by atoms with E-state index in [1.165, 1.54) is 25.1 Å². The van der Waals surface area contributed by atoms with Gasteiger partial charge in [-0.1, -0.05) is 6.07 Å². The predicted octanol–water partition coefficient (Wildman–Crippen LogP) is 2.93. The fraction of sp³-hybridized carbons (Fsp3) is 0.0769. The zero-order valence-corrected chi connectivity index (χ0v) is 10.7. The van der Waals surface area contributed by atoms with Crippen LogP contribution in [0.2, 0.25) is 0 Å². The van der Waals surface area contributed by atoms with Gasteiger partial charge in [0, 0.05) is 12.3 Å². The molecule has 0 amide bonds. The minimum atomic E-state index is -1.46. The Morgan fingerprint density at radius 3 is 2.76 bits per heavy atom. The van der Waals surface area contributed by atoms with Crippen LogP contribution in [0.25, 0.3) is 0 Å². The Labute approximate surface area is 117 Å². The Balaban J connectivity index is 2.44. The molecule has 108 valence electrons. The van der Waals surface area contributed by atoms with Gasteiger partial charge >= 0.3 is 5.97 Å². The van der Waals surface area contributed by atoms with E-state index in [2.05, 4.69) is 4.98 Å². The van der Waals surface area contributed by atoms with E-state index in [1.807, 2.05) is 0 Å². The van der Waals surface area contributed by atoms with Crippen molar-refractivity contribution < 1.29 is 24.0 Å². The molecule has 8 heteroatoms. The predicted molar refractivity (Wildman–Crippen MR) is 69.1 cm³/mol. The van der Waals surface area contributed by atoms with Gasteiger partial charge in [0.1, 0.15) is 11.3 Å². The Hall–Kier alpha value is -3.03. The molecule has 0 atom stereocenters. The summed E-state index contributed by atoms with van der Waals surface area (Å²) < 4.78 is 19.1. The molecule has 7 nitrogen and oxygen atoms in total. The van der Waals surface area contributed by atoms with Crippen LogP contribution in [-0.4, -0.2) is 21.0 Å². The zero-order chi connectivity index (χ0) is 15.6. The number of benzene rings is 1. The summed E-state index contributed by atoms with van der Waals surface area (Å²) in [4.78, 5) is 24.6. The molecule has 1 aromatic carbocycles. The highest BCUT2D eigenvalue weighted by atomic mass is 19.1. The van der Waals surface area contributed by atoms with Gasteiger partial charge in [-0.2, -0.15) is 0 Å². The highest BCUT2D eigenvalue weighted by molar-refractivity contribution is 5.88. The first-order valence-corrected chi connectivity index (χ1v) is 5.71. The summed E-state index contributed by atoms with van der Waals surface area (Å²) >= 11 is 0. The van der Waals surface area contributed by atoms with E-state index in [9.17, 15) is 19.3 Å². The van der Waals surface area contributed by atoms with Crippen molar-refractivity contribution >= 4 is 11.7 Å². The van der Waals surface area contributed by atoms with E-state index in [-0.39, 0.29) is 17.0 Å². The average molecular weight is 292 g/mol. The van der Waals surface area contributed by atoms with Gasteiger partial charge in [0.25, 0.3) is 11.6 Å². The van der Waals surface area contributed by atoms with Crippen LogP contribution in [0.15, 0.2) is 30.5 Å². The third-order valence-electron chi connectivity index (χ3n) is 2.75. The van der Waals surface area contributed by atoms with Crippen molar-refractivity contribution in [1.82, 2.24) is 4.98 Å². The third-order valence-corrected chi connectivity index (χ3v) is 2.75. The standard InChI is InChI=1S/C13H9FN2O5/c1-7-9(16(19)20)3-2-4-10(7)21-12-11(14)8(13(17)18)5-6-15-12/h2-6H,1H3,(H,17,18). The minimum absolute atomic E-state index is 0.0261. The van der Waals surface area contributed by atoms with Crippen molar-refractivity contribution in [1.29, 1.82) is 0 Å². The average Bonchev–Trinajstić information content (AvgIpc) is 2.42. The second-order valence-electron chi connectivity index (χ2n) is 4.04. The van der Waals surface area contributed by atoms with Crippen molar-refractivity contribution in [3.8, 4) is 11.6 Å². The number of aromatic carboxylic acids is 1. The van der Waals surface area contributed by atoms with E-state index in [0.29, 0.717) is 0 Å². The highest BCUT2D eigenvalue weighted by Crippen LogP contribution is 2.31. The number of hydrogen-bond donors (Lipinski definition) is 1. The zero-order valence-electron chi connectivity index (χ0n) is 10.7. The van der Waals surface area contributed by atoms with Crippen LogP contribution < -0.4 is 4.74 Å². The molecular formula is C13H9FN2O5. The number of pyridine rings is 1. The number of halogens is 1. The summed E-state index contributed by atoms with van der Waals surface area (Å²) in [5, 5.41) is 19.6. The number of carbonyl (C=O) groups is 1. The molecule has 0 aliphatic heterocycles. The summed E-state index contributed by atoms with van der Waals surface area (Å²) in [5.41, 5.74) is -0.602. The number of ether oxygens (including phenoxy) is 1. The first kappa shape index (κ1) is 14.4. The molecule has 1 N–H and O–H groups in total. The van der Waals surface area contributed by atoms with Crippen LogP contribution in [0.3, 0.4) is 0 Å². The molecule has 0 radical (unpaired) electrons. The summed E-state index contributed by atoms with van der Waals surface area (Å²) in [6.45, 7) is 1.44. The second-order valence-corrected chi connectivity index (χ2v) is 4.04. The molecule has 0 aliphatic rings. The van der Waals surface area contributed by atoms with E-state index >= 15 is 0 Å². The fourth-order valence-electron chi connectivity index (χ4n) is 1.68. The van der Waals surface area contributed by atoms with Crippen LogP contribution in [0.1, 0.15) is 15.9 Å². The van der Waals surface area contributed by atoms with Gasteiger partial charge in [-0.25, -0.2) is 14.2 Å². The van der Waals surface area contributed by atoms with Crippen molar-refractivity contribution in [3.05, 3.63) is 57.5 Å². The van der Waals surface area contributed by atoms with E-state index in [0.717, 1.165) is 12.3 Å². The fourth-order valence-corrected chi connectivity index (χ4v) is 1.68. The monoisotopic (exact) mass is 292 g/mol. The quantitative estimate of drug-likeness (QED) is 0.686. The molecule has 2 aromatic rings. The molecule has 1 heterocycles. The lowest BCUT2D eigenvalue weighted by Crippen LogP contribution is -2.04. The van der Waals surface area contributed by atoms with Crippen molar-refractivity contribution in [2.24, 2.45) is 0 Å². The second kappa shape index (κ2) is 5.53. The molecule has 2 rings (SSSR count). The summed E-state index contributed by atoms with van der Waals surface area (Å²) in [5.74, 6) is -3.14. The van der Waals surface area contributed by atoms with Crippen LogP contribution in [0.5, 0.6) is 11.6 Å². The molecule has 1 aromatic heterocycles. The van der Waals surface area contributed by atoms with Crippen LogP contribution in [0, 0.1) is 22.9 Å². The van der Waals surface area contributed by atoms with Gasteiger partial charge < -0.3 is 9.84 Å². The van der Waals surface area contributed by atoms with Crippen LogP contribution >= 0.6 is 0 Å². The van der Waals surface area contributed by atoms with E-state index in [1.54, 1.807) is 0 Å². The number of nitro groups is 1. The van der Waals surface area contributed by atoms with Crippen molar-refractivity contribution in [2.45, 2.75) is 6.92 Å². The molecular weight excluding hydrogens is 283 g/mol. The van der Waals surface area contributed by atoms with Gasteiger partial charge in [-0.15, -0.1) is 0 Å². The lowest BCUT2D eigenvalue weighted by Gasteiger charge is -2.09. The van der Waals surface area contributed by atoms with Gasteiger partial charge in [-0.05, 0) is 19.1 Å². The van der Waals surface area contributed by atoms with Gasteiger partial charge in [-0.3, -0.25) is 10.1 Å². The Bertz CT molecular complexity index is 671. The first-order chi connectivity index (χ1) is 9.91. The maximum atomic E-state index is 13.9. The van der Waals surface area contributed by atoms with Crippen molar-refractivity contribution in [2.75, 3.05) is 0 Å². The lowest BCUT2D eigenvalue weighted by atomic mass is 10.2. The number of aromatic nitrogens is 1. The molecule has 0 saturated heterocycles. The third kappa shape index (κ3) is 2.78. The maximum absolute atomic E-state index is 13.9. The Morgan fingerprint density at radius 2 is 2.14 bits per heavy atom. The SMILES string of the molecule is Cc1c(Oc2nccc(C(=O)O)c2F)cccc1[N+](=O)[O-]. The number of rotatable bonds is 4. The number of hydrogen-bond acceptors (Lipinski definition) is 5. The molecule has 0 bridgehead atoms. The van der Waals surface area contributed by atoms with Gasteiger partial charge in [0.05, 0.1) is 10.5 Å². The molecule has 0 unspecified atom stereocenters. The maximum Gasteiger partial charge on any atom is 0.338 e. The summed E-state index contributed by atoms with van der Waals surface area (Å²) in [6, 6.07) is 5.04. The molecule has 0 fully saturated rings. The first-order valence-electron chi connectivity index (χ1n) is 5.71. The molecule has 0 aliphatic carbocycles. The number of carboxylic acid groups (broad SMARTS) is 1. The number of nitro benzene ring substituents is 1.